The molecular weight excluding hydrogens is 394 g/mol. The van der Waals surface area contributed by atoms with E-state index in [1.165, 1.54) is 21.5 Å². The van der Waals surface area contributed by atoms with Crippen molar-refractivity contribution < 1.29 is 19.2 Å². The molecule has 0 spiro atoms. The summed E-state index contributed by atoms with van der Waals surface area (Å²) in [6, 6.07) is 11.6. The second-order valence-corrected chi connectivity index (χ2v) is 8.87. The third kappa shape index (κ3) is 6.63. The largest absolute Gasteiger partial charge is 0.372 e. The van der Waals surface area contributed by atoms with Crippen LogP contribution >= 0.6 is 23.1 Å². The standard InChI is InChI=1S/C20H25N3O3S2/c21-19(24)14-28-18-8-2-1-7-17(18)22-20(25)13-23(11-15-5-3-9-26-15)12-16-6-4-10-27-16/h1-2,4,6-8,10,15H,3,5,9,11-14H2,(H2,21,24)(H,22,25)/p+1/t15-/m0/s1. The molecule has 1 aromatic carbocycles. The predicted octanol–water partition coefficient (Wildman–Crippen LogP) is 1.53. The van der Waals surface area contributed by atoms with E-state index in [0.717, 1.165) is 37.4 Å². The van der Waals surface area contributed by atoms with Crippen molar-refractivity contribution in [1.82, 2.24) is 0 Å². The minimum absolute atomic E-state index is 0.0447. The maximum atomic E-state index is 12.7. The highest BCUT2D eigenvalue weighted by Gasteiger charge is 2.24. The number of benzene rings is 1. The van der Waals surface area contributed by atoms with Crippen molar-refractivity contribution in [2.75, 3.05) is 30.8 Å². The number of para-hydroxylation sites is 1. The summed E-state index contributed by atoms with van der Waals surface area (Å²) < 4.78 is 5.78. The lowest BCUT2D eigenvalue weighted by molar-refractivity contribution is -0.908. The Hall–Kier alpha value is -1.87. The second kappa shape index (κ2) is 10.6. The number of hydrogen-bond donors (Lipinski definition) is 3. The molecule has 1 unspecified atom stereocenters. The smallest absolute Gasteiger partial charge is 0.279 e. The average molecular weight is 421 g/mol. The van der Waals surface area contributed by atoms with Gasteiger partial charge in [0.25, 0.3) is 5.91 Å². The molecule has 2 atom stereocenters. The number of hydrogen-bond acceptors (Lipinski definition) is 5. The first-order chi connectivity index (χ1) is 13.6. The highest BCUT2D eigenvalue weighted by Crippen LogP contribution is 2.26. The first-order valence-corrected chi connectivity index (χ1v) is 11.2. The molecule has 1 aliphatic heterocycles. The third-order valence-corrected chi connectivity index (χ3v) is 6.46. The minimum Gasteiger partial charge on any atom is -0.372 e. The summed E-state index contributed by atoms with van der Waals surface area (Å²) in [4.78, 5) is 27.1. The Morgan fingerprint density at radius 1 is 1.29 bits per heavy atom. The summed E-state index contributed by atoms with van der Waals surface area (Å²) in [6.45, 7) is 2.81. The monoisotopic (exact) mass is 420 g/mol. The SMILES string of the molecule is NC(=O)CSc1ccccc1NC(=O)C[NH+](Cc1cccs1)C[C@@H]1CCCO1. The summed E-state index contributed by atoms with van der Waals surface area (Å²) >= 11 is 3.04. The number of amides is 2. The van der Waals surface area contributed by atoms with Gasteiger partial charge in [-0.3, -0.25) is 9.59 Å². The summed E-state index contributed by atoms with van der Waals surface area (Å²) in [5.74, 6) is -0.243. The van der Waals surface area contributed by atoms with E-state index in [1.54, 1.807) is 11.3 Å². The number of thioether (sulfide) groups is 1. The van der Waals surface area contributed by atoms with Gasteiger partial charge < -0.3 is 20.7 Å². The van der Waals surface area contributed by atoms with Gasteiger partial charge in [0, 0.05) is 11.5 Å². The van der Waals surface area contributed by atoms with E-state index >= 15 is 0 Å². The fourth-order valence-corrected chi connectivity index (χ4v) is 4.78. The van der Waals surface area contributed by atoms with Crippen LogP contribution in [-0.4, -0.2) is 43.4 Å². The molecule has 6 nitrogen and oxygen atoms in total. The minimum atomic E-state index is -0.380. The van der Waals surface area contributed by atoms with Crippen LogP contribution in [0.4, 0.5) is 5.69 Å². The van der Waals surface area contributed by atoms with E-state index in [0.29, 0.717) is 12.2 Å². The van der Waals surface area contributed by atoms with Crippen molar-refractivity contribution >= 4 is 40.6 Å². The van der Waals surface area contributed by atoms with Crippen LogP contribution in [0.2, 0.25) is 0 Å². The van der Waals surface area contributed by atoms with Gasteiger partial charge in [-0.05, 0) is 36.4 Å². The first kappa shape index (κ1) is 20.9. The molecule has 2 amide bonds. The van der Waals surface area contributed by atoms with Crippen LogP contribution in [0, 0.1) is 0 Å². The lowest BCUT2D eigenvalue weighted by Crippen LogP contribution is -3.12. The van der Waals surface area contributed by atoms with Crippen LogP contribution in [0.15, 0.2) is 46.7 Å². The Morgan fingerprint density at radius 3 is 2.86 bits per heavy atom. The Kier molecular flexibility index (Phi) is 7.90. The molecule has 28 heavy (non-hydrogen) atoms. The summed E-state index contributed by atoms with van der Waals surface area (Å²) in [5, 5.41) is 5.06. The first-order valence-electron chi connectivity index (χ1n) is 9.37. The van der Waals surface area contributed by atoms with Crippen molar-refractivity contribution in [2.45, 2.75) is 30.4 Å². The second-order valence-electron chi connectivity index (χ2n) is 6.82. The van der Waals surface area contributed by atoms with Crippen LogP contribution in [-0.2, 0) is 20.9 Å². The zero-order chi connectivity index (χ0) is 19.8. The molecule has 1 aromatic heterocycles. The van der Waals surface area contributed by atoms with Gasteiger partial charge in [-0.25, -0.2) is 0 Å². The van der Waals surface area contributed by atoms with Crippen LogP contribution in [0.3, 0.4) is 0 Å². The topological polar surface area (TPSA) is 85.9 Å². The van der Waals surface area contributed by atoms with Crippen molar-refractivity contribution in [3.63, 3.8) is 0 Å². The van der Waals surface area contributed by atoms with Gasteiger partial charge in [0.2, 0.25) is 5.91 Å². The zero-order valence-corrected chi connectivity index (χ0v) is 17.3. The molecule has 150 valence electrons. The molecule has 0 aliphatic carbocycles. The molecule has 0 bridgehead atoms. The molecule has 2 heterocycles. The quantitative estimate of drug-likeness (QED) is 0.509. The number of nitrogens with two attached hydrogens (primary N) is 1. The maximum Gasteiger partial charge on any atom is 0.279 e. The van der Waals surface area contributed by atoms with Crippen molar-refractivity contribution in [2.24, 2.45) is 5.73 Å². The van der Waals surface area contributed by atoms with Crippen LogP contribution < -0.4 is 16.0 Å². The van der Waals surface area contributed by atoms with E-state index in [4.69, 9.17) is 10.5 Å². The Balaban J connectivity index is 1.62. The maximum absolute atomic E-state index is 12.7. The molecule has 1 aliphatic rings. The fourth-order valence-electron chi connectivity index (χ4n) is 3.26. The third-order valence-electron chi connectivity index (χ3n) is 4.49. The molecule has 0 saturated carbocycles. The summed E-state index contributed by atoms with van der Waals surface area (Å²) in [5.41, 5.74) is 5.95. The van der Waals surface area contributed by atoms with Crippen LogP contribution in [0.25, 0.3) is 0 Å². The number of nitrogens with one attached hydrogen (secondary N) is 2. The summed E-state index contributed by atoms with van der Waals surface area (Å²) in [6.07, 6.45) is 2.37. The zero-order valence-electron chi connectivity index (χ0n) is 15.7. The molecular formula is C20H26N3O3S2+. The van der Waals surface area contributed by atoms with E-state index < -0.39 is 0 Å². The molecule has 8 heteroatoms. The number of carbonyl (C=O) groups is 2. The van der Waals surface area contributed by atoms with Crippen molar-refractivity contribution in [1.29, 1.82) is 0 Å². The van der Waals surface area contributed by atoms with Crippen molar-refractivity contribution in [3.8, 4) is 0 Å². The van der Waals surface area contributed by atoms with Gasteiger partial charge >= 0.3 is 0 Å². The van der Waals surface area contributed by atoms with E-state index in [-0.39, 0.29) is 23.7 Å². The lowest BCUT2D eigenvalue weighted by atomic mass is 10.2. The molecule has 4 N–H and O–H groups in total. The van der Waals surface area contributed by atoms with Gasteiger partial charge in [0.15, 0.2) is 6.54 Å². The number of carbonyl (C=O) groups excluding carboxylic acids is 2. The van der Waals surface area contributed by atoms with Gasteiger partial charge in [-0.2, -0.15) is 0 Å². The van der Waals surface area contributed by atoms with Crippen LogP contribution in [0.1, 0.15) is 17.7 Å². The molecule has 1 fully saturated rings. The number of thiophene rings is 1. The number of quaternary nitrogens is 1. The predicted molar refractivity (Wildman–Crippen MR) is 113 cm³/mol. The number of anilines is 1. The van der Waals surface area contributed by atoms with Gasteiger partial charge in [0.05, 0.1) is 16.3 Å². The van der Waals surface area contributed by atoms with E-state index in [9.17, 15) is 9.59 Å². The van der Waals surface area contributed by atoms with Crippen molar-refractivity contribution in [3.05, 3.63) is 46.7 Å². The van der Waals surface area contributed by atoms with Gasteiger partial charge in [0.1, 0.15) is 19.2 Å². The fraction of sp³-hybridized carbons (Fsp3) is 0.400. The summed E-state index contributed by atoms with van der Waals surface area (Å²) in [7, 11) is 0. The van der Waals surface area contributed by atoms with Gasteiger partial charge in [-0.1, -0.05) is 18.2 Å². The van der Waals surface area contributed by atoms with E-state index in [1.807, 2.05) is 30.3 Å². The number of rotatable bonds is 10. The highest BCUT2D eigenvalue weighted by molar-refractivity contribution is 8.00. The molecule has 0 radical (unpaired) electrons. The highest BCUT2D eigenvalue weighted by atomic mass is 32.2. The normalized spacial score (nSPS) is 17.4. The molecule has 1 saturated heterocycles. The number of ether oxygens (including phenoxy) is 1. The Bertz CT molecular complexity index is 777. The van der Waals surface area contributed by atoms with Crippen LogP contribution in [0.5, 0.6) is 0 Å². The Labute approximate surface area is 173 Å². The van der Waals surface area contributed by atoms with Gasteiger partial charge in [-0.15, -0.1) is 23.1 Å². The number of primary amides is 1. The lowest BCUT2D eigenvalue weighted by Gasteiger charge is -2.21. The molecule has 3 rings (SSSR count). The van der Waals surface area contributed by atoms with E-state index in [2.05, 4.69) is 16.8 Å². The Morgan fingerprint density at radius 2 is 2.14 bits per heavy atom. The molecule has 2 aromatic rings. The average Bonchev–Trinajstić information content (AvgIpc) is 3.35.